The van der Waals surface area contributed by atoms with Crippen molar-refractivity contribution in [2.75, 3.05) is 55.9 Å². The molecule has 0 saturated carbocycles. The van der Waals surface area contributed by atoms with E-state index in [0.29, 0.717) is 30.6 Å². The number of nitrogens with two attached hydrogens (primary N) is 1. The molecule has 2 aliphatic heterocycles. The first kappa shape index (κ1) is 24.5. The fourth-order valence-corrected chi connectivity index (χ4v) is 5.65. The van der Waals surface area contributed by atoms with Gasteiger partial charge in [0.1, 0.15) is 17.2 Å². The highest BCUT2D eigenvalue weighted by molar-refractivity contribution is 7.99. The molecule has 7 nitrogen and oxygen atoms in total. The zero-order valence-corrected chi connectivity index (χ0v) is 21.1. The highest BCUT2D eigenvalue weighted by Crippen LogP contribution is 2.34. The van der Waals surface area contributed by atoms with Crippen molar-refractivity contribution in [3.63, 3.8) is 0 Å². The SMILES string of the molecule is CN(C)Cc1cc(-c2nc(-c3cc4c(cc3F)C(=O)NCC4)c(N)nc2F)ccc1N1CCSCC1. The van der Waals surface area contributed by atoms with Crippen molar-refractivity contribution in [2.24, 2.45) is 0 Å². The molecule has 1 fully saturated rings. The Balaban J connectivity index is 1.59. The van der Waals surface area contributed by atoms with E-state index in [4.69, 9.17) is 5.73 Å². The smallest absolute Gasteiger partial charge is 0.251 e. The van der Waals surface area contributed by atoms with Crippen LogP contribution in [0.5, 0.6) is 0 Å². The van der Waals surface area contributed by atoms with Crippen LogP contribution in [0.1, 0.15) is 21.5 Å². The molecule has 0 radical (unpaired) electrons. The largest absolute Gasteiger partial charge is 0.382 e. The lowest BCUT2D eigenvalue weighted by Gasteiger charge is -2.31. The van der Waals surface area contributed by atoms with Crippen LogP contribution < -0.4 is 16.0 Å². The summed E-state index contributed by atoms with van der Waals surface area (Å²) in [6.45, 7) is 3.05. The number of halogens is 2. The normalized spacial score (nSPS) is 15.7. The lowest BCUT2D eigenvalue weighted by atomic mass is 9.96. The molecule has 2 aliphatic rings. The predicted molar refractivity (Wildman–Crippen MR) is 140 cm³/mol. The number of hydrogen-bond donors (Lipinski definition) is 2. The maximum Gasteiger partial charge on any atom is 0.251 e. The Hall–Kier alpha value is -3.24. The van der Waals surface area contributed by atoms with Gasteiger partial charge in [0, 0.05) is 60.1 Å². The van der Waals surface area contributed by atoms with Gasteiger partial charge in [-0.2, -0.15) is 21.1 Å². The number of rotatable bonds is 5. The summed E-state index contributed by atoms with van der Waals surface area (Å²) in [6.07, 6.45) is 0.556. The first-order valence-corrected chi connectivity index (χ1v) is 13.0. The van der Waals surface area contributed by atoms with Gasteiger partial charge in [0.05, 0.1) is 0 Å². The standard InChI is InChI=1S/C26H28F2N6OS/c1-33(2)14-17-11-16(3-4-21(17)34-7-9-36-10-8-34)22-24(28)32-25(29)23(31-22)19-12-15-5-6-30-26(35)18(15)13-20(19)27/h3-4,11-13H,5-10,14H2,1-2H3,(H2,29,32)(H,30,35). The minimum atomic E-state index is -0.813. The van der Waals surface area contributed by atoms with Crippen LogP contribution in [0.15, 0.2) is 30.3 Å². The molecule has 0 aliphatic carbocycles. The third kappa shape index (κ3) is 4.75. The molecular formula is C26H28F2N6OS. The van der Waals surface area contributed by atoms with Crippen molar-refractivity contribution in [3.05, 3.63) is 58.8 Å². The number of benzene rings is 2. The average molecular weight is 511 g/mol. The van der Waals surface area contributed by atoms with Gasteiger partial charge in [-0.05, 0) is 55.9 Å². The van der Waals surface area contributed by atoms with Gasteiger partial charge in [-0.3, -0.25) is 4.79 Å². The number of nitrogens with one attached hydrogen (secondary N) is 1. The number of nitrogens with zero attached hydrogens (tertiary/aromatic N) is 4. The molecule has 3 aromatic rings. The van der Waals surface area contributed by atoms with Crippen LogP contribution in [0.4, 0.5) is 20.3 Å². The number of carbonyl (C=O) groups is 1. The summed E-state index contributed by atoms with van der Waals surface area (Å²) < 4.78 is 30.2. The zero-order valence-electron chi connectivity index (χ0n) is 20.3. The lowest BCUT2D eigenvalue weighted by Crippen LogP contribution is -2.33. The first-order chi connectivity index (χ1) is 17.3. The summed E-state index contributed by atoms with van der Waals surface area (Å²) >= 11 is 1.94. The third-order valence-corrected chi connectivity index (χ3v) is 7.39. The molecule has 1 amide bonds. The van der Waals surface area contributed by atoms with E-state index in [2.05, 4.69) is 25.1 Å². The van der Waals surface area contributed by atoms with Crippen LogP contribution in [0.25, 0.3) is 22.5 Å². The molecule has 0 bridgehead atoms. The molecule has 1 saturated heterocycles. The Morgan fingerprint density at radius 3 is 2.61 bits per heavy atom. The van der Waals surface area contributed by atoms with Crippen molar-refractivity contribution in [3.8, 4) is 22.5 Å². The highest BCUT2D eigenvalue weighted by Gasteiger charge is 2.24. The van der Waals surface area contributed by atoms with E-state index in [1.807, 2.05) is 44.1 Å². The van der Waals surface area contributed by atoms with Crippen molar-refractivity contribution >= 4 is 29.2 Å². The van der Waals surface area contributed by atoms with Gasteiger partial charge in [-0.25, -0.2) is 9.37 Å². The second-order valence-corrected chi connectivity index (χ2v) is 10.5. The van der Waals surface area contributed by atoms with Crippen LogP contribution >= 0.6 is 11.8 Å². The van der Waals surface area contributed by atoms with Crippen molar-refractivity contribution in [2.45, 2.75) is 13.0 Å². The maximum atomic E-state index is 15.1. The number of carbonyl (C=O) groups excluding carboxylic acids is 1. The first-order valence-electron chi connectivity index (χ1n) is 11.9. The van der Waals surface area contributed by atoms with Crippen LogP contribution in [-0.4, -0.2) is 66.0 Å². The second kappa shape index (κ2) is 10.0. The fraction of sp³-hybridized carbons (Fsp3) is 0.346. The zero-order chi connectivity index (χ0) is 25.4. The molecule has 188 valence electrons. The quantitative estimate of drug-likeness (QED) is 0.543. The summed E-state index contributed by atoms with van der Waals surface area (Å²) in [5.74, 6) is 0.146. The molecule has 1 aromatic heterocycles. The number of anilines is 2. The Bertz CT molecular complexity index is 1330. The van der Waals surface area contributed by atoms with E-state index < -0.39 is 11.8 Å². The predicted octanol–water partition coefficient (Wildman–Crippen LogP) is 3.57. The molecule has 0 spiro atoms. The van der Waals surface area contributed by atoms with Gasteiger partial charge >= 0.3 is 0 Å². The monoisotopic (exact) mass is 510 g/mol. The van der Waals surface area contributed by atoms with Gasteiger partial charge in [-0.1, -0.05) is 6.07 Å². The molecule has 2 aromatic carbocycles. The van der Waals surface area contributed by atoms with Crippen LogP contribution in [-0.2, 0) is 13.0 Å². The minimum Gasteiger partial charge on any atom is -0.382 e. The Kier molecular flexibility index (Phi) is 6.81. The van der Waals surface area contributed by atoms with Gasteiger partial charge < -0.3 is 20.9 Å². The number of hydrogen-bond acceptors (Lipinski definition) is 7. The van der Waals surface area contributed by atoms with Gasteiger partial charge in [-0.15, -0.1) is 0 Å². The van der Waals surface area contributed by atoms with Crippen LogP contribution in [0, 0.1) is 11.8 Å². The molecule has 36 heavy (non-hydrogen) atoms. The van der Waals surface area contributed by atoms with E-state index in [1.165, 1.54) is 6.07 Å². The summed E-state index contributed by atoms with van der Waals surface area (Å²) in [7, 11) is 3.98. The summed E-state index contributed by atoms with van der Waals surface area (Å²) in [4.78, 5) is 24.9. The van der Waals surface area contributed by atoms with Crippen LogP contribution in [0.3, 0.4) is 0 Å². The number of thioether (sulfide) groups is 1. The van der Waals surface area contributed by atoms with Crippen molar-refractivity contribution in [1.82, 2.24) is 20.2 Å². The average Bonchev–Trinajstić information content (AvgIpc) is 2.85. The van der Waals surface area contributed by atoms with E-state index in [-0.39, 0.29) is 34.2 Å². The van der Waals surface area contributed by atoms with E-state index in [1.54, 1.807) is 6.07 Å². The van der Waals surface area contributed by atoms with E-state index in [9.17, 15) is 4.79 Å². The number of fused-ring (bicyclic) bond motifs is 1. The van der Waals surface area contributed by atoms with Gasteiger partial charge in [0.25, 0.3) is 5.91 Å². The van der Waals surface area contributed by atoms with Gasteiger partial charge in [0.2, 0.25) is 5.95 Å². The third-order valence-electron chi connectivity index (χ3n) is 6.44. The molecule has 0 unspecified atom stereocenters. The Morgan fingerprint density at radius 2 is 1.86 bits per heavy atom. The summed E-state index contributed by atoms with van der Waals surface area (Å²) in [5.41, 5.74) is 9.89. The molecular weight excluding hydrogens is 482 g/mol. The summed E-state index contributed by atoms with van der Waals surface area (Å²) in [6, 6.07) is 8.51. The lowest BCUT2D eigenvalue weighted by molar-refractivity contribution is 0.0945. The number of nitrogen functional groups attached to an aromatic ring is 1. The maximum absolute atomic E-state index is 15.1. The topological polar surface area (TPSA) is 87.4 Å². The number of amides is 1. The molecule has 3 heterocycles. The Morgan fingerprint density at radius 1 is 1.08 bits per heavy atom. The number of aromatic nitrogens is 2. The van der Waals surface area contributed by atoms with Crippen LogP contribution in [0.2, 0.25) is 0 Å². The second-order valence-electron chi connectivity index (χ2n) is 9.27. The molecule has 10 heteroatoms. The van der Waals surface area contributed by atoms with E-state index >= 15 is 8.78 Å². The summed E-state index contributed by atoms with van der Waals surface area (Å²) in [5, 5.41) is 2.71. The van der Waals surface area contributed by atoms with Gasteiger partial charge in [0.15, 0.2) is 5.82 Å². The molecule has 3 N–H and O–H groups in total. The highest BCUT2D eigenvalue weighted by atomic mass is 32.2. The fourth-order valence-electron chi connectivity index (χ4n) is 4.75. The van der Waals surface area contributed by atoms with Crippen molar-refractivity contribution < 1.29 is 13.6 Å². The molecule has 0 atom stereocenters. The van der Waals surface area contributed by atoms with Crippen molar-refractivity contribution in [1.29, 1.82) is 0 Å². The minimum absolute atomic E-state index is 0.00909. The Labute approximate surface area is 213 Å². The molecule has 5 rings (SSSR count). The van der Waals surface area contributed by atoms with E-state index in [0.717, 1.165) is 35.8 Å².